The van der Waals surface area contributed by atoms with Crippen LogP contribution in [0.4, 0.5) is 10.1 Å². The number of carbonyl (C=O) groups is 1. The lowest BCUT2D eigenvalue weighted by atomic mass is 9.89. The summed E-state index contributed by atoms with van der Waals surface area (Å²) in [5, 5.41) is 13.1. The molecular formula is C24H29FN2O4. The number of ether oxygens (including phenoxy) is 2. The number of pyridine rings is 1. The van der Waals surface area contributed by atoms with Crippen LogP contribution in [-0.2, 0) is 27.3 Å². The highest BCUT2D eigenvalue weighted by atomic mass is 19.1. The van der Waals surface area contributed by atoms with Crippen molar-refractivity contribution in [3.63, 3.8) is 0 Å². The second kappa shape index (κ2) is 9.32. The molecule has 1 saturated carbocycles. The topological polar surface area (TPSA) is 80.7 Å². The van der Waals surface area contributed by atoms with Crippen LogP contribution < -0.4 is 5.32 Å². The lowest BCUT2D eigenvalue weighted by Crippen LogP contribution is -2.50. The van der Waals surface area contributed by atoms with Crippen molar-refractivity contribution in [3.05, 3.63) is 47.5 Å². The standard InChI is InChI=1S/C24H29FN2O4/c1-2-3-21-22(25)20(8-11-26-21)19-7-4-17(14-16(19)15-31-18-5-6-18)27-24(23(28)29)9-12-30-13-10-24/h4,7-8,11,14,18,27H,2-3,5-6,9-10,12-13,15H2,1H3,(H,28,29). The molecule has 0 amide bonds. The van der Waals surface area contributed by atoms with Crippen molar-refractivity contribution in [2.75, 3.05) is 18.5 Å². The van der Waals surface area contributed by atoms with Crippen molar-refractivity contribution in [2.24, 2.45) is 0 Å². The molecule has 2 fully saturated rings. The van der Waals surface area contributed by atoms with Gasteiger partial charge in [-0.3, -0.25) is 4.98 Å². The molecule has 4 rings (SSSR count). The van der Waals surface area contributed by atoms with Gasteiger partial charge >= 0.3 is 5.97 Å². The summed E-state index contributed by atoms with van der Waals surface area (Å²) in [6, 6.07) is 7.23. The van der Waals surface area contributed by atoms with Gasteiger partial charge in [-0.2, -0.15) is 0 Å². The average Bonchev–Trinajstić information content (AvgIpc) is 3.59. The molecular weight excluding hydrogens is 399 g/mol. The van der Waals surface area contributed by atoms with Crippen LogP contribution in [0.2, 0.25) is 0 Å². The molecule has 1 aromatic heterocycles. The Balaban J connectivity index is 1.68. The van der Waals surface area contributed by atoms with Crippen molar-refractivity contribution < 1.29 is 23.8 Å². The fraction of sp³-hybridized carbons (Fsp3) is 0.500. The first kappa shape index (κ1) is 21.7. The fourth-order valence-electron chi connectivity index (χ4n) is 3.99. The quantitative estimate of drug-likeness (QED) is 0.609. The number of nitrogens with one attached hydrogen (secondary N) is 1. The second-order valence-electron chi connectivity index (χ2n) is 8.38. The summed E-state index contributed by atoms with van der Waals surface area (Å²) in [7, 11) is 0. The highest BCUT2D eigenvalue weighted by Gasteiger charge is 2.40. The van der Waals surface area contributed by atoms with E-state index in [0.717, 1.165) is 30.4 Å². The lowest BCUT2D eigenvalue weighted by Gasteiger charge is -2.35. The minimum absolute atomic E-state index is 0.253. The highest BCUT2D eigenvalue weighted by Crippen LogP contribution is 2.34. The van der Waals surface area contributed by atoms with Crippen LogP contribution in [0.15, 0.2) is 30.5 Å². The van der Waals surface area contributed by atoms with Gasteiger partial charge in [-0.25, -0.2) is 9.18 Å². The van der Waals surface area contributed by atoms with Crippen molar-refractivity contribution in [1.82, 2.24) is 4.98 Å². The summed E-state index contributed by atoms with van der Waals surface area (Å²) in [6.07, 6.45) is 6.14. The first-order chi connectivity index (χ1) is 15.0. The predicted octanol–water partition coefficient (Wildman–Crippen LogP) is 4.56. The number of nitrogens with zero attached hydrogens (tertiary/aromatic N) is 1. The first-order valence-electron chi connectivity index (χ1n) is 11.0. The van der Waals surface area contributed by atoms with Crippen LogP contribution in [0.25, 0.3) is 11.1 Å². The largest absolute Gasteiger partial charge is 0.480 e. The second-order valence-corrected chi connectivity index (χ2v) is 8.38. The van der Waals surface area contributed by atoms with Crippen LogP contribution in [-0.4, -0.2) is 40.9 Å². The number of hydrogen-bond acceptors (Lipinski definition) is 5. The van der Waals surface area contributed by atoms with E-state index in [-0.39, 0.29) is 11.9 Å². The zero-order valence-corrected chi connectivity index (χ0v) is 17.8. The number of benzene rings is 1. The van der Waals surface area contributed by atoms with Gasteiger partial charge in [0.1, 0.15) is 5.54 Å². The summed E-state index contributed by atoms with van der Waals surface area (Å²) >= 11 is 0. The Morgan fingerprint density at radius 2 is 2.06 bits per heavy atom. The van der Waals surface area contributed by atoms with E-state index in [1.54, 1.807) is 12.3 Å². The van der Waals surface area contributed by atoms with Gasteiger partial charge in [0.25, 0.3) is 0 Å². The predicted molar refractivity (Wildman–Crippen MR) is 115 cm³/mol. The zero-order valence-electron chi connectivity index (χ0n) is 17.8. The molecule has 2 aromatic rings. The molecule has 2 aliphatic rings. The van der Waals surface area contributed by atoms with Gasteiger partial charge in [-0.15, -0.1) is 0 Å². The van der Waals surface area contributed by atoms with Crippen LogP contribution in [0.1, 0.15) is 50.3 Å². The smallest absolute Gasteiger partial charge is 0.329 e. The Hall–Kier alpha value is -2.51. The third-order valence-corrected chi connectivity index (χ3v) is 5.98. The average molecular weight is 429 g/mol. The molecule has 0 atom stereocenters. The van der Waals surface area contributed by atoms with Gasteiger partial charge in [0.15, 0.2) is 5.82 Å². The number of halogens is 1. The summed E-state index contributed by atoms with van der Waals surface area (Å²) in [6.45, 7) is 3.15. The fourth-order valence-corrected chi connectivity index (χ4v) is 3.99. The van der Waals surface area contributed by atoms with E-state index in [0.29, 0.717) is 56.0 Å². The summed E-state index contributed by atoms with van der Waals surface area (Å²) in [5.41, 5.74) is 2.16. The molecule has 2 N–H and O–H groups in total. The molecule has 2 heterocycles. The molecule has 1 aliphatic heterocycles. The Morgan fingerprint density at radius 3 is 2.74 bits per heavy atom. The van der Waals surface area contributed by atoms with Crippen molar-refractivity contribution in [2.45, 2.75) is 63.7 Å². The zero-order chi connectivity index (χ0) is 21.8. The number of hydrogen-bond donors (Lipinski definition) is 2. The van der Waals surface area contributed by atoms with E-state index >= 15 is 4.39 Å². The number of rotatable bonds is 9. The number of aromatic nitrogens is 1. The van der Waals surface area contributed by atoms with Gasteiger partial charge in [0.05, 0.1) is 18.4 Å². The van der Waals surface area contributed by atoms with E-state index in [9.17, 15) is 9.90 Å². The van der Waals surface area contributed by atoms with E-state index in [4.69, 9.17) is 9.47 Å². The van der Waals surface area contributed by atoms with Gasteiger partial charge in [-0.05, 0) is 48.6 Å². The Kier molecular flexibility index (Phi) is 6.53. The van der Waals surface area contributed by atoms with E-state index < -0.39 is 11.5 Å². The summed E-state index contributed by atoms with van der Waals surface area (Å²) in [4.78, 5) is 16.2. The van der Waals surface area contributed by atoms with Gasteiger partial charge in [0, 0.05) is 43.5 Å². The van der Waals surface area contributed by atoms with E-state index in [1.807, 2.05) is 25.1 Å². The molecule has 0 unspecified atom stereocenters. The summed E-state index contributed by atoms with van der Waals surface area (Å²) < 4.78 is 26.5. The molecule has 6 nitrogen and oxygen atoms in total. The lowest BCUT2D eigenvalue weighted by molar-refractivity contribution is -0.145. The molecule has 0 radical (unpaired) electrons. The maximum absolute atomic E-state index is 15.2. The number of anilines is 1. The third kappa shape index (κ3) is 4.88. The van der Waals surface area contributed by atoms with Gasteiger partial charge < -0.3 is 19.9 Å². The van der Waals surface area contributed by atoms with Crippen LogP contribution in [0.5, 0.6) is 0 Å². The minimum Gasteiger partial charge on any atom is -0.480 e. The van der Waals surface area contributed by atoms with E-state index in [2.05, 4.69) is 10.3 Å². The van der Waals surface area contributed by atoms with Gasteiger partial charge in [0.2, 0.25) is 0 Å². The maximum Gasteiger partial charge on any atom is 0.329 e. The molecule has 166 valence electrons. The van der Waals surface area contributed by atoms with Crippen molar-refractivity contribution in [3.8, 4) is 11.1 Å². The van der Waals surface area contributed by atoms with Crippen molar-refractivity contribution >= 4 is 11.7 Å². The molecule has 7 heteroatoms. The minimum atomic E-state index is -1.06. The Morgan fingerprint density at radius 1 is 1.29 bits per heavy atom. The maximum atomic E-state index is 15.2. The number of aryl methyl sites for hydroxylation is 1. The molecule has 0 bridgehead atoms. The highest BCUT2D eigenvalue weighted by molar-refractivity contribution is 5.83. The van der Waals surface area contributed by atoms with Gasteiger partial charge in [-0.1, -0.05) is 19.4 Å². The SMILES string of the molecule is CCCc1nccc(-c2ccc(NC3(C(=O)O)CCOCC3)cc2COC2CC2)c1F. The summed E-state index contributed by atoms with van der Waals surface area (Å²) in [5.74, 6) is -1.19. The number of aliphatic carboxylic acids is 1. The molecule has 0 spiro atoms. The number of carboxylic acids is 1. The van der Waals surface area contributed by atoms with Crippen LogP contribution in [0.3, 0.4) is 0 Å². The van der Waals surface area contributed by atoms with Crippen LogP contribution >= 0.6 is 0 Å². The van der Waals surface area contributed by atoms with Crippen LogP contribution in [0, 0.1) is 5.82 Å². The molecule has 1 saturated heterocycles. The molecule has 31 heavy (non-hydrogen) atoms. The normalized spacial score (nSPS) is 18.0. The Bertz CT molecular complexity index is 939. The van der Waals surface area contributed by atoms with Crippen molar-refractivity contribution in [1.29, 1.82) is 0 Å². The Labute approximate surface area is 181 Å². The molecule has 1 aromatic carbocycles. The first-order valence-corrected chi connectivity index (χ1v) is 11.0. The monoisotopic (exact) mass is 428 g/mol. The molecule has 1 aliphatic carbocycles. The third-order valence-electron chi connectivity index (χ3n) is 5.98. The number of carboxylic acid groups (broad SMARTS) is 1. The van der Waals surface area contributed by atoms with E-state index in [1.165, 1.54) is 0 Å².